The number of thiophene rings is 1. The summed E-state index contributed by atoms with van der Waals surface area (Å²) < 4.78 is 24.4. The van der Waals surface area contributed by atoms with E-state index in [1.165, 1.54) is 17.0 Å². The quantitative estimate of drug-likeness (QED) is 0.436. The Morgan fingerprint density at radius 1 is 1.15 bits per heavy atom. The van der Waals surface area contributed by atoms with Crippen molar-refractivity contribution in [3.05, 3.63) is 53.5 Å². The predicted octanol–water partition coefficient (Wildman–Crippen LogP) is 2.90. The molecule has 0 atom stereocenters. The summed E-state index contributed by atoms with van der Waals surface area (Å²) in [6.45, 7) is 5.71. The number of sulfonamides is 1. The normalized spacial score (nSPS) is 15.2. The monoisotopic (exact) mass is 496 g/mol. The van der Waals surface area contributed by atoms with Crippen LogP contribution >= 0.6 is 11.3 Å². The molecule has 0 bridgehead atoms. The van der Waals surface area contributed by atoms with E-state index in [0.29, 0.717) is 11.6 Å². The van der Waals surface area contributed by atoms with Gasteiger partial charge in [0, 0.05) is 71.9 Å². The molecule has 1 amide bonds. The number of nitrogens with one attached hydrogen (secondary N) is 1. The number of hydrogen-bond acceptors (Lipinski definition) is 8. The second kappa shape index (κ2) is 8.91. The van der Waals surface area contributed by atoms with Gasteiger partial charge in [0.1, 0.15) is 0 Å². The molecule has 1 fully saturated rings. The van der Waals surface area contributed by atoms with Gasteiger partial charge in [-0.2, -0.15) is 0 Å². The maximum atomic E-state index is 11.6. The highest BCUT2D eigenvalue weighted by Gasteiger charge is 2.19. The van der Waals surface area contributed by atoms with E-state index in [1.54, 1.807) is 36.6 Å². The molecule has 3 N–H and O–H groups in total. The molecule has 9 nitrogen and oxygen atoms in total. The van der Waals surface area contributed by atoms with Crippen LogP contribution in [-0.2, 0) is 21.4 Å². The molecule has 1 aliphatic rings. The SMILES string of the molecule is CC(=O)N1CCN(Cc2cc3c(ccc4cnc(Nc5cccc(S(N)(=O)=O)c5)nc43)s2)CC1. The van der Waals surface area contributed by atoms with Gasteiger partial charge in [0.15, 0.2) is 0 Å². The summed E-state index contributed by atoms with van der Waals surface area (Å²) >= 11 is 1.74. The Hall–Kier alpha value is -3.12. The first kappa shape index (κ1) is 22.7. The van der Waals surface area contributed by atoms with Crippen LogP contribution in [0.2, 0.25) is 0 Å². The fourth-order valence-electron chi connectivity index (χ4n) is 4.12. The molecule has 1 saturated heterocycles. The van der Waals surface area contributed by atoms with E-state index in [0.717, 1.165) is 53.7 Å². The molecule has 0 saturated carbocycles. The summed E-state index contributed by atoms with van der Waals surface area (Å²) in [6, 6.07) is 12.5. The van der Waals surface area contributed by atoms with Gasteiger partial charge in [0.05, 0.1) is 10.4 Å². The number of anilines is 2. The molecular formula is C23H24N6O3S2. The van der Waals surface area contributed by atoms with Gasteiger partial charge in [-0.25, -0.2) is 23.5 Å². The lowest BCUT2D eigenvalue weighted by atomic mass is 10.1. The fraction of sp³-hybridized carbons (Fsp3) is 0.261. The molecule has 3 heterocycles. The van der Waals surface area contributed by atoms with Crippen LogP contribution in [0, 0.1) is 0 Å². The molecule has 34 heavy (non-hydrogen) atoms. The van der Waals surface area contributed by atoms with Gasteiger partial charge in [0.2, 0.25) is 21.9 Å². The number of aromatic nitrogens is 2. The van der Waals surface area contributed by atoms with Crippen molar-refractivity contribution >= 4 is 59.9 Å². The van der Waals surface area contributed by atoms with Gasteiger partial charge >= 0.3 is 0 Å². The van der Waals surface area contributed by atoms with Crippen LogP contribution in [0.5, 0.6) is 0 Å². The molecule has 11 heteroatoms. The van der Waals surface area contributed by atoms with E-state index < -0.39 is 10.0 Å². The number of fused-ring (bicyclic) bond motifs is 3. The van der Waals surface area contributed by atoms with Crippen LogP contribution in [0.1, 0.15) is 11.8 Å². The van der Waals surface area contributed by atoms with E-state index >= 15 is 0 Å². The Morgan fingerprint density at radius 2 is 1.94 bits per heavy atom. The zero-order chi connectivity index (χ0) is 23.9. The third-order valence-electron chi connectivity index (χ3n) is 5.91. The van der Waals surface area contributed by atoms with Crippen molar-refractivity contribution in [3.8, 4) is 0 Å². The summed E-state index contributed by atoms with van der Waals surface area (Å²) in [5, 5.41) is 10.3. The van der Waals surface area contributed by atoms with Crippen molar-refractivity contribution in [3.63, 3.8) is 0 Å². The smallest absolute Gasteiger partial charge is 0.238 e. The highest BCUT2D eigenvalue weighted by Crippen LogP contribution is 2.32. The predicted molar refractivity (Wildman–Crippen MR) is 134 cm³/mol. The van der Waals surface area contributed by atoms with E-state index in [1.807, 2.05) is 11.0 Å². The van der Waals surface area contributed by atoms with Crippen molar-refractivity contribution < 1.29 is 13.2 Å². The molecule has 176 valence electrons. The Kier molecular flexibility index (Phi) is 5.94. The van der Waals surface area contributed by atoms with E-state index in [2.05, 4.69) is 27.3 Å². The Balaban J connectivity index is 1.40. The molecule has 0 aliphatic carbocycles. The topological polar surface area (TPSA) is 122 Å². The summed E-state index contributed by atoms with van der Waals surface area (Å²) in [7, 11) is -3.80. The van der Waals surface area contributed by atoms with Crippen molar-refractivity contribution in [2.24, 2.45) is 5.14 Å². The number of benzene rings is 2. The van der Waals surface area contributed by atoms with Crippen LogP contribution in [0.4, 0.5) is 11.6 Å². The number of primary sulfonamides is 1. The zero-order valence-electron chi connectivity index (χ0n) is 18.6. The fourth-order valence-corrected chi connectivity index (χ4v) is 5.79. The molecule has 2 aromatic heterocycles. The summed E-state index contributed by atoms with van der Waals surface area (Å²) in [6.07, 6.45) is 1.76. The average molecular weight is 497 g/mol. The van der Waals surface area contributed by atoms with Gasteiger partial charge in [-0.3, -0.25) is 9.69 Å². The first-order chi connectivity index (χ1) is 16.3. The minimum atomic E-state index is -3.80. The van der Waals surface area contributed by atoms with E-state index in [-0.39, 0.29) is 10.8 Å². The summed E-state index contributed by atoms with van der Waals surface area (Å²) in [5.74, 6) is 0.508. The first-order valence-corrected chi connectivity index (χ1v) is 13.2. The number of rotatable bonds is 5. The number of piperazine rings is 1. The number of carbonyl (C=O) groups is 1. The maximum absolute atomic E-state index is 11.6. The Morgan fingerprint density at radius 3 is 2.68 bits per heavy atom. The van der Waals surface area contributed by atoms with Gasteiger partial charge in [-0.1, -0.05) is 6.07 Å². The van der Waals surface area contributed by atoms with Crippen LogP contribution in [-0.4, -0.2) is 60.3 Å². The Labute approximate surface area is 201 Å². The second-order valence-corrected chi connectivity index (χ2v) is 11.0. The van der Waals surface area contributed by atoms with Crippen LogP contribution in [0.15, 0.2) is 53.6 Å². The molecule has 0 radical (unpaired) electrons. The molecule has 2 aromatic carbocycles. The third-order valence-corrected chi connectivity index (χ3v) is 7.91. The van der Waals surface area contributed by atoms with Crippen molar-refractivity contribution in [2.75, 3.05) is 31.5 Å². The number of hydrogen-bond donors (Lipinski definition) is 2. The maximum Gasteiger partial charge on any atom is 0.238 e. The highest BCUT2D eigenvalue weighted by molar-refractivity contribution is 7.89. The molecule has 0 unspecified atom stereocenters. The number of carbonyl (C=O) groups excluding carboxylic acids is 1. The van der Waals surface area contributed by atoms with Crippen molar-refractivity contribution in [1.29, 1.82) is 0 Å². The van der Waals surface area contributed by atoms with Crippen LogP contribution in [0.25, 0.3) is 21.0 Å². The molecular weight excluding hydrogens is 472 g/mol. The van der Waals surface area contributed by atoms with E-state index in [9.17, 15) is 13.2 Å². The lowest BCUT2D eigenvalue weighted by Crippen LogP contribution is -2.47. The summed E-state index contributed by atoms with van der Waals surface area (Å²) in [4.78, 5) is 26.2. The minimum Gasteiger partial charge on any atom is -0.340 e. The number of nitrogens with zero attached hydrogens (tertiary/aromatic N) is 4. The number of nitrogens with two attached hydrogens (primary N) is 1. The second-order valence-electron chi connectivity index (χ2n) is 8.30. The van der Waals surface area contributed by atoms with Crippen molar-refractivity contribution in [2.45, 2.75) is 18.4 Å². The van der Waals surface area contributed by atoms with Crippen LogP contribution < -0.4 is 10.5 Å². The van der Waals surface area contributed by atoms with Gasteiger partial charge in [-0.15, -0.1) is 11.3 Å². The minimum absolute atomic E-state index is 0.0206. The lowest BCUT2D eigenvalue weighted by molar-refractivity contribution is -0.130. The van der Waals surface area contributed by atoms with Gasteiger partial charge in [-0.05, 0) is 36.4 Å². The standard InChI is InChI=1S/C23H24N6O3S2/c1-15(30)29-9-7-28(8-10-29)14-18-12-20-21(33-18)6-5-16-13-25-23(27-22(16)20)26-17-3-2-4-19(11-17)34(24,31)32/h2-6,11-13H,7-10,14H2,1H3,(H2,24,31,32)(H,25,26,27). The molecule has 0 spiro atoms. The highest BCUT2D eigenvalue weighted by atomic mass is 32.2. The van der Waals surface area contributed by atoms with Crippen LogP contribution in [0.3, 0.4) is 0 Å². The molecule has 1 aliphatic heterocycles. The summed E-state index contributed by atoms with van der Waals surface area (Å²) in [5.41, 5.74) is 1.37. The molecule has 4 aromatic rings. The lowest BCUT2D eigenvalue weighted by Gasteiger charge is -2.33. The third kappa shape index (κ3) is 4.73. The molecule has 5 rings (SSSR count). The largest absolute Gasteiger partial charge is 0.340 e. The Bertz CT molecular complexity index is 1490. The average Bonchev–Trinajstić information content (AvgIpc) is 3.22. The van der Waals surface area contributed by atoms with Crippen molar-refractivity contribution in [1.82, 2.24) is 19.8 Å². The zero-order valence-corrected chi connectivity index (χ0v) is 20.2. The van der Waals surface area contributed by atoms with E-state index in [4.69, 9.17) is 10.1 Å². The van der Waals surface area contributed by atoms with Gasteiger partial charge < -0.3 is 10.2 Å². The van der Waals surface area contributed by atoms with Gasteiger partial charge in [0.25, 0.3) is 0 Å². The number of amides is 1. The first-order valence-electron chi connectivity index (χ1n) is 10.8.